The van der Waals surface area contributed by atoms with Crippen LogP contribution in [0.3, 0.4) is 0 Å². The lowest BCUT2D eigenvalue weighted by molar-refractivity contribution is 0.529. The van der Waals surface area contributed by atoms with Gasteiger partial charge >= 0.3 is 0 Å². The highest BCUT2D eigenvalue weighted by molar-refractivity contribution is 6.80. The first-order chi connectivity index (χ1) is 9.46. The summed E-state index contributed by atoms with van der Waals surface area (Å²) in [5.41, 5.74) is 3.50. The zero-order valence-corrected chi connectivity index (χ0v) is 13.5. The average Bonchev–Trinajstić information content (AvgIpc) is 2.42. The SMILES string of the molecule is C[Si](C)(C)/C=C/C(CCc1ccccc1)C(C#N)C#N. The summed E-state index contributed by atoms with van der Waals surface area (Å²) in [6.45, 7) is 6.77. The van der Waals surface area contributed by atoms with Crippen molar-refractivity contribution in [2.45, 2.75) is 32.5 Å². The Labute approximate surface area is 123 Å². The summed E-state index contributed by atoms with van der Waals surface area (Å²) in [7, 11) is -1.30. The van der Waals surface area contributed by atoms with Crippen molar-refractivity contribution in [3.63, 3.8) is 0 Å². The van der Waals surface area contributed by atoms with Crippen molar-refractivity contribution >= 4 is 8.07 Å². The van der Waals surface area contributed by atoms with E-state index < -0.39 is 14.0 Å². The zero-order chi connectivity index (χ0) is 15.0. The van der Waals surface area contributed by atoms with E-state index in [-0.39, 0.29) is 5.92 Å². The smallest absolute Gasteiger partial charge is 0.139 e. The summed E-state index contributed by atoms with van der Waals surface area (Å²) < 4.78 is 0. The largest absolute Gasteiger partial charge is 0.197 e. The van der Waals surface area contributed by atoms with Crippen LogP contribution in [0.5, 0.6) is 0 Å². The number of hydrogen-bond donors (Lipinski definition) is 0. The third-order valence-electron chi connectivity index (χ3n) is 3.16. The third-order valence-corrected chi connectivity index (χ3v) is 4.35. The fraction of sp³-hybridized carbons (Fsp3) is 0.412. The molecule has 1 atom stereocenters. The zero-order valence-electron chi connectivity index (χ0n) is 12.5. The van der Waals surface area contributed by atoms with Crippen LogP contribution in [-0.2, 0) is 6.42 Å². The lowest BCUT2D eigenvalue weighted by atomic mass is 9.89. The fourth-order valence-electron chi connectivity index (χ4n) is 1.98. The maximum atomic E-state index is 9.13. The second kappa shape index (κ2) is 7.67. The Bertz CT molecular complexity index is 501. The summed E-state index contributed by atoms with van der Waals surface area (Å²) in [6, 6.07) is 14.5. The van der Waals surface area contributed by atoms with Gasteiger partial charge in [-0.25, -0.2) is 0 Å². The maximum Gasteiger partial charge on any atom is 0.139 e. The van der Waals surface area contributed by atoms with Crippen LogP contribution in [0, 0.1) is 34.5 Å². The predicted molar refractivity (Wildman–Crippen MR) is 85.5 cm³/mol. The molecule has 3 heteroatoms. The van der Waals surface area contributed by atoms with Gasteiger partial charge < -0.3 is 0 Å². The van der Waals surface area contributed by atoms with Gasteiger partial charge in [0.1, 0.15) is 5.92 Å². The summed E-state index contributed by atoms with van der Waals surface area (Å²) in [6.07, 6.45) is 3.85. The van der Waals surface area contributed by atoms with Crippen molar-refractivity contribution < 1.29 is 0 Å². The molecular formula is C17H22N2Si. The van der Waals surface area contributed by atoms with E-state index in [1.807, 2.05) is 18.2 Å². The molecule has 1 aromatic rings. The van der Waals surface area contributed by atoms with E-state index in [1.54, 1.807) is 0 Å². The highest BCUT2D eigenvalue weighted by atomic mass is 28.3. The van der Waals surface area contributed by atoms with Crippen LogP contribution in [-0.4, -0.2) is 8.07 Å². The minimum atomic E-state index is -1.30. The molecule has 0 aromatic heterocycles. The van der Waals surface area contributed by atoms with Gasteiger partial charge in [0.05, 0.1) is 20.2 Å². The molecule has 1 rings (SSSR count). The van der Waals surface area contributed by atoms with E-state index in [0.717, 1.165) is 12.8 Å². The average molecular weight is 282 g/mol. The number of rotatable bonds is 6. The molecule has 0 aliphatic heterocycles. The van der Waals surface area contributed by atoms with Gasteiger partial charge in [-0.15, -0.1) is 0 Å². The summed E-state index contributed by atoms with van der Waals surface area (Å²) in [5.74, 6) is -0.525. The number of aryl methyl sites for hydroxylation is 1. The van der Waals surface area contributed by atoms with Crippen molar-refractivity contribution in [2.24, 2.45) is 11.8 Å². The molecule has 0 radical (unpaired) electrons. The molecule has 0 saturated heterocycles. The topological polar surface area (TPSA) is 47.6 Å². The van der Waals surface area contributed by atoms with Crippen LogP contribution in [0.25, 0.3) is 0 Å². The molecular weight excluding hydrogens is 260 g/mol. The Morgan fingerprint density at radius 1 is 1.10 bits per heavy atom. The van der Waals surface area contributed by atoms with E-state index in [0.29, 0.717) is 0 Å². The van der Waals surface area contributed by atoms with Gasteiger partial charge in [0.25, 0.3) is 0 Å². The molecule has 0 spiro atoms. The Kier molecular flexibility index (Phi) is 6.22. The van der Waals surface area contributed by atoms with Gasteiger partial charge in [0.2, 0.25) is 0 Å². The minimum Gasteiger partial charge on any atom is -0.197 e. The lowest BCUT2D eigenvalue weighted by Gasteiger charge is -2.16. The van der Waals surface area contributed by atoms with E-state index in [9.17, 15) is 0 Å². The van der Waals surface area contributed by atoms with Crippen LogP contribution >= 0.6 is 0 Å². The van der Waals surface area contributed by atoms with Crippen LogP contribution in [0.1, 0.15) is 12.0 Å². The number of allylic oxidation sites excluding steroid dienone is 1. The standard InChI is InChI=1S/C17H22N2Si/c1-20(2,3)12-11-16(17(13-18)14-19)10-9-15-7-5-4-6-8-15/h4-8,11-12,16-17H,9-10H2,1-3H3/b12-11+. The Morgan fingerprint density at radius 2 is 1.70 bits per heavy atom. The van der Waals surface area contributed by atoms with E-state index in [2.05, 4.69) is 55.7 Å². The first-order valence-corrected chi connectivity index (χ1v) is 10.6. The molecule has 1 unspecified atom stereocenters. The third kappa shape index (κ3) is 5.86. The van der Waals surface area contributed by atoms with Gasteiger partial charge in [-0.3, -0.25) is 0 Å². The lowest BCUT2D eigenvalue weighted by Crippen LogP contribution is -2.18. The molecule has 20 heavy (non-hydrogen) atoms. The molecule has 0 fully saturated rings. The van der Waals surface area contributed by atoms with Crippen molar-refractivity contribution in [1.29, 1.82) is 10.5 Å². The summed E-state index contributed by atoms with van der Waals surface area (Å²) >= 11 is 0. The predicted octanol–water partition coefficient (Wildman–Crippen LogP) is 4.33. The van der Waals surface area contributed by atoms with Gasteiger partial charge in [0, 0.05) is 5.92 Å². The molecule has 0 bridgehead atoms. The molecule has 0 aliphatic rings. The molecule has 0 amide bonds. The number of nitrogens with zero attached hydrogens (tertiary/aromatic N) is 2. The van der Waals surface area contributed by atoms with Crippen LogP contribution in [0.4, 0.5) is 0 Å². The first kappa shape index (κ1) is 16.2. The Balaban J connectivity index is 2.76. The van der Waals surface area contributed by atoms with Crippen LogP contribution in [0.15, 0.2) is 42.1 Å². The molecule has 104 valence electrons. The number of hydrogen-bond acceptors (Lipinski definition) is 2. The fourth-order valence-corrected chi connectivity index (χ4v) is 2.81. The first-order valence-electron chi connectivity index (χ1n) is 6.99. The molecule has 1 aromatic carbocycles. The highest BCUT2D eigenvalue weighted by Gasteiger charge is 2.19. The van der Waals surface area contributed by atoms with E-state index in [4.69, 9.17) is 10.5 Å². The number of benzene rings is 1. The quantitative estimate of drug-likeness (QED) is 0.729. The molecule has 2 nitrogen and oxygen atoms in total. The van der Waals surface area contributed by atoms with Crippen molar-refractivity contribution in [1.82, 2.24) is 0 Å². The molecule has 0 heterocycles. The molecule has 0 saturated carbocycles. The minimum absolute atomic E-state index is 0.0249. The summed E-state index contributed by atoms with van der Waals surface area (Å²) in [5, 5.41) is 18.3. The second-order valence-electron chi connectivity index (χ2n) is 6.15. The van der Waals surface area contributed by atoms with Crippen molar-refractivity contribution in [2.75, 3.05) is 0 Å². The summed E-state index contributed by atoms with van der Waals surface area (Å²) in [4.78, 5) is 0. The van der Waals surface area contributed by atoms with Gasteiger partial charge in [0.15, 0.2) is 0 Å². The second-order valence-corrected chi connectivity index (χ2v) is 11.2. The van der Waals surface area contributed by atoms with Crippen LogP contribution < -0.4 is 0 Å². The van der Waals surface area contributed by atoms with Gasteiger partial charge in [-0.1, -0.05) is 61.7 Å². The molecule has 0 N–H and O–H groups in total. The Hall–Kier alpha value is -1.84. The van der Waals surface area contributed by atoms with Crippen molar-refractivity contribution in [3.05, 3.63) is 47.7 Å². The van der Waals surface area contributed by atoms with Gasteiger partial charge in [-0.05, 0) is 18.4 Å². The van der Waals surface area contributed by atoms with E-state index >= 15 is 0 Å². The Morgan fingerprint density at radius 3 is 2.20 bits per heavy atom. The number of nitriles is 2. The van der Waals surface area contributed by atoms with E-state index in [1.165, 1.54) is 5.56 Å². The normalized spacial score (nSPS) is 13.1. The van der Waals surface area contributed by atoms with Gasteiger partial charge in [-0.2, -0.15) is 10.5 Å². The monoisotopic (exact) mass is 282 g/mol. The highest BCUT2D eigenvalue weighted by Crippen LogP contribution is 2.21. The maximum absolute atomic E-state index is 9.13. The molecule has 0 aliphatic carbocycles. The van der Waals surface area contributed by atoms with Crippen molar-refractivity contribution in [3.8, 4) is 12.1 Å². The van der Waals surface area contributed by atoms with Crippen LogP contribution in [0.2, 0.25) is 19.6 Å².